The van der Waals surface area contributed by atoms with E-state index in [1.54, 1.807) is 23.6 Å². The van der Waals surface area contributed by atoms with Crippen molar-refractivity contribution in [1.82, 2.24) is 19.4 Å². The number of hydrogen-bond donors (Lipinski definition) is 1. The highest BCUT2D eigenvalue weighted by Gasteiger charge is 2.49. The van der Waals surface area contributed by atoms with Crippen LogP contribution < -0.4 is 16.3 Å². The molecule has 0 bridgehead atoms. The topological polar surface area (TPSA) is 105 Å². The largest absolute Gasteiger partial charge is 0.417 e. The molecule has 2 fully saturated rings. The third-order valence-electron chi connectivity index (χ3n) is 8.85. The minimum Gasteiger partial charge on any atom is -0.366 e. The molecule has 3 aromatic rings. The molecule has 0 unspecified atom stereocenters. The smallest absolute Gasteiger partial charge is 0.366 e. The molecule has 252 valence electrons. The van der Waals surface area contributed by atoms with Gasteiger partial charge in [-0.2, -0.15) is 31.3 Å². The normalized spacial score (nSPS) is 21.5. The molecule has 9 nitrogen and oxygen atoms in total. The van der Waals surface area contributed by atoms with Crippen LogP contribution in [0.3, 0.4) is 0 Å². The van der Waals surface area contributed by atoms with Gasteiger partial charge in [-0.1, -0.05) is 6.58 Å². The van der Waals surface area contributed by atoms with E-state index in [-0.39, 0.29) is 82.0 Å². The fraction of sp³-hybridized carbons (Fsp3) is 0.467. The van der Waals surface area contributed by atoms with E-state index in [4.69, 9.17) is 5.73 Å². The minimum absolute atomic E-state index is 0.00844. The van der Waals surface area contributed by atoms with Gasteiger partial charge in [-0.15, -0.1) is 23.1 Å². The number of alkyl halides is 6. The molecule has 2 saturated heterocycles. The van der Waals surface area contributed by atoms with E-state index in [1.165, 1.54) is 27.0 Å². The Kier molecular flexibility index (Phi) is 8.19. The zero-order valence-corrected chi connectivity index (χ0v) is 26.9. The number of benzene rings is 1. The molecule has 17 heteroatoms. The molecule has 0 saturated carbocycles. The Morgan fingerprint density at radius 1 is 1.13 bits per heavy atom. The van der Waals surface area contributed by atoms with Gasteiger partial charge in [0.25, 0.3) is 0 Å². The van der Waals surface area contributed by atoms with Crippen LogP contribution in [0, 0.1) is 5.41 Å². The highest BCUT2D eigenvalue weighted by atomic mass is 32.2. The van der Waals surface area contributed by atoms with Crippen LogP contribution in [0.1, 0.15) is 29.8 Å². The van der Waals surface area contributed by atoms with Crippen molar-refractivity contribution in [2.24, 2.45) is 11.1 Å². The summed E-state index contributed by atoms with van der Waals surface area (Å²) < 4.78 is 85.9. The van der Waals surface area contributed by atoms with Gasteiger partial charge in [-0.25, -0.2) is 4.79 Å². The van der Waals surface area contributed by atoms with Crippen molar-refractivity contribution in [1.29, 1.82) is 0 Å². The van der Waals surface area contributed by atoms with Gasteiger partial charge < -0.3 is 15.5 Å². The summed E-state index contributed by atoms with van der Waals surface area (Å²) in [5, 5.41) is 1.49. The first kappa shape index (κ1) is 33.3. The monoisotopic (exact) mass is 700 g/mol. The molecule has 5 heterocycles. The van der Waals surface area contributed by atoms with Gasteiger partial charge in [0.2, 0.25) is 11.8 Å². The maximum atomic E-state index is 15.0. The lowest BCUT2D eigenvalue weighted by atomic mass is 9.81. The number of carbonyl (C=O) groups excluding carboxylic acids is 2. The van der Waals surface area contributed by atoms with Crippen molar-refractivity contribution in [2.45, 2.75) is 49.7 Å². The number of anilines is 1. The van der Waals surface area contributed by atoms with Crippen molar-refractivity contribution in [3.8, 4) is 10.4 Å². The van der Waals surface area contributed by atoms with Crippen LogP contribution >= 0.6 is 23.1 Å². The Labute approximate surface area is 273 Å². The summed E-state index contributed by atoms with van der Waals surface area (Å²) in [4.78, 5) is 47.6. The molecule has 2 amide bonds. The van der Waals surface area contributed by atoms with Crippen molar-refractivity contribution in [3.63, 3.8) is 0 Å². The summed E-state index contributed by atoms with van der Waals surface area (Å²) in [5.41, 5.74) is 2.62. The predicted octanol–water partition coefficient (Wildman–Crippen LogP) is 4.82. The van der Waals surface area contributed by atoms with Gasteiger partial charge in [-0.3, -0.25) is 19.1 Å². The fourth-order valence-electron chi connectivity index (χ4n) is 7.17. The molecule has 0 radical (unpaired) electrons. The lowest BCUT2D eigenvalue weighted by molar-refractivity contribution is -0.168. The average Bonchev–Trinajstić information content (AvgIpc) is 3.36. The number of nitrogens with two attached hydrogens (primary N) is 1. The maximum absolute atomic E-state index is 15.0. The standard InChI is InChI=1S/C30H30F6N6O3S2/c1-4-20(43)42-15(2)8-40(9-16(42)3)26-18-7-19(30(34,35)36)21(23-17(25(37)44)5-6-46-23)24-22(18)41(27(45)38-26)12-28(14-47-24)10-39(11-28)13-29(31,32)33/h4-7,15-16H,1,8-14H2,2-3H3,(H2,37,44)/t15-,16+. The van der Waals surface area contributed by atoms with Crippen LogP contribution in [0.5, 0.6) is 0 Å². The van der Waals surface area contributed by atoms with Crippen LogP contribution in [0.2, 0.25) is 0 Å². The Balaban J connectivity index is 1.59. The van der Waals surface area contributed by atoms with Crippen LogP contribution in [-0.4, -0.2) is 87.9 Å². The molecule has 3 aliphatic heterocycles. The van der Waals surface area contributed by atoms with Crippen molar-refractivity contribution in [3.05, 3.63) is 51.8 Å². The third kappa shape index (κ3) is 5.90. The molecule has 3 aliphatic rings. The lowest BCUT2D eigenvalue weighted by Gasteiger charge is -2.50. The second-order valence-electron chi connectivity index (χ2n) is 12.5. The predicted molar refractivity (Wildman–Crippen MR) is 167 cm³/mol. The zero-order valence-electron chi connectivity index (χ0n) is 25.2. The molecule has 6 rings (SSSR count). The van der Waals surface area contributed by atoms with Crippen LogP contribution in [0.15, 0.2) is 39.9 Å². The minimum atomic E-state index is -4.92. The maximum Gasteiger partial charge on any atom is 0.417 e. The van der Waals surface area contributed by atoms with Crippen molar-refractivity contribution in [2.75, 3.05) is 43.4 Å². The first-order chi connectivity index (χ1) is 21.9. The lowest BCUT2D eigenvalue weighted by Crippen LogP contribution is -2.61. The first-order valence-electron chi connectivity index (χ1n) is 14.6. The Bertz CT molecular complexity index is 1840. The molecule has 1 spiro atoms. The van der Waals surface area contributed by atoms with E-state index in [1.807, 2.05) is 0 Å². The van der Waals surface area contributed by atoms with E-state index in [0.717, 1.165) is 29.2 Å². The summed E-state index contributed by atoms with van der Waals surface area (Å²) in [5.74, 6) is -1.11. The summed E-state index contributed by atoms with van der Waals surface area (Å²) >= 11 is 1.93. The van der Waals surface area contributed by atoms with Gasteiger partial charge in [-0.05, 0) is 37.4 Å². The number of primary amides is 1. The average molecular weight is 701 g/mol. The van der Waals surface area contributed by atoms with E-state index >= 15 is 13.2 Å². The van der Waals surface area contributed by atoms with E-state index < -0.39 is 53.6 Å². The number of rotatable bonds is 5. The number of hydrogen-bond acceptors (Lipinski definition) is 8. The van der Waals surface area contributed by atoms with Gasteiger partial charge in [0.15, 0.2) is 0 Å². The SMILES string of the molecule is C=CC(=O)N1[C@H](C)CN(c2nc(=O)n3c4c(c(-c5sccc5C(N)=O)c(C(F)(F)F)cc24)SCC2(CN(CC(F)(F)F)C2)C3)C[C@@H]1C. The molecule has 2 aromatic heterocycles. The second kappa shape index (κ2) is 11.5. The number of likely N-dealkylation sites (tertiary alicyclic amines) is 1. The van der Waals surface area contributed by atoms with Gasteiger partial charge >= 0.3 is 18.0 Å². The highest BCUT2D eigenvalue weighted by Crippen LogP contribution is 2.52. The summed E-state index contributed by atoms with van der Waals surface area (Å²) in [6.07, 6.45) is -8.18. The van der Waals surface area contributed by atoms with Gasteiger partial charge in [0.05, 0.1) is 23.2 Å². The summed E-state index contributed by atoms with van der Waals surface area (Å²) in [6, 6.07) is 1.46. The van der Waals surface area contributed by atoms with Crippen molar-refractivity contribution >= 4 is 51.6 Å². The molecule has 2 atom stereocenters. The number of amides is 2. The zero-order chi connectivity index (χ0) is 34.2. The van der Waals surface area contributed by atoms with Gasteiger partial charge in [0.1, 0.15) is 5.82 Å². The third-order valence-corrected chi connectivity index (χ3v) is 11.2. The molecule has 47 heavy (non-hydrogen) atoms. The Morgan fingerprint density at radius 2 is 1.79 bits per heavy atom. The second-order valence-corrected chi connectivity index (χ2v) is 14.4. The number of piperazine rings is 1. The number of thioether (sulfide) groups is 1. The molecule has 0 aliphatic carbocycles. The van der Waals surface area contributed by atoms with E-state index in [9.17, 15) is 27.6 Å². The number of thiophene rings is 1. The Hall–Kier alpha value is -3.57. The summed E-state index contributed by atoms with van der Waals surface area (Å²) in [7, 11) is 0. The van der Waals surface area contributed by atoms with Crippen LogP contribution in [-0.2, 0) is 17.5 Å². The quantitative estimate of drug-likeness (QED) is 0.301. The van der Waals surface area contributed by atoms with Crippen LogP contribution in [0.4, 0.5) is 32.2 Å². The van der Waals surface area contributed by atoms with E-state index in [0.29, 0.717) is 0 Å². The molecular formula is C30H30F6N6O3S2. The number of nitrogens with zero attached hydrogens (tertiary/aromatic N) is 5. The highest BCUT2D eigenvalue weighted by molar-refractivity contribution is 7.99. The van der Waals surface area contributed by atoms with Crippen molar-refractivity contribution < 1.29 is 35.9 Å². The van der Waals surface area contributed by atoms with Crippen LogP contribution in [0.25, 0.3) is 21.3 Å². The Morgan fingerprint density at radius 3 is 2.36 bits per heavy atom. The molecule has 2 N–H and O–H groups in total. The number of halogens is 6. The number of carbonyl (C=O) groups is 2. The molecule has 1 aromatic carbocycles. The number of aromatic nitrogens is 2. The summed E-state index contributed by atoms with van der Waals surface area (Å²) in [6.45, 7) is 6.16. The molecular weight excluding hydrogens is 670 g/mol. The van der Waals surface area contributed by atoms with E-state index in [2.05, 4.69) is 11.6 Å². The van der Waals surface area contributed by atoms with Gasteiger partial charge in [0, 0.05) is 76.7 Å². The first-order valence-corrected chi connectivity index (χ1v) is 16.5. The fourth-order valence-corrected chi connectivity index (χ4v) is 9.64.